The second-order valence-corrected chi connectivity index (χ2v) is 7.66. The molecule has 0 bridgehead atoms. The molecule has 29 heavy (non-hydrogen) atoms. The van der Waals surface area contributed by atoms with Crippen LogP contribution in [-0.2, 0) is 9.53 Å². The molecule has 10 heteroatoms. The molecule has 0 spiro atoms. The fourth-order valence-corrected chi connectivity index (χ4v) is 3.97. The van der Waals surface area contributed by atoms with Crippen LogP contribution in [0.5, 0.6) is 0 Å². The highest BCUT2D eigenvalue weighted by atomic mass is 35.5. The molecular weight excluding hydrogens is 419 g/mol. The number of halogens is 2. The topological polar surface area (TPSA) is 104 Å². The van der Waals surface area contributed by atoms with Crippen LogP contribution in [0.4, 0.5) is 5.82 Å². The van der Waals surface area contributed by atoms with E-state index in [0.717, 1.165) is 12.0 Å². The van der Waals surface area contributed by atoms with Gasteiger partial charge < -0.3 is 20.1 Å². The van der Waals surface area contributed by atoms with Crippen molar-refractivity contribution in [2.24, 2.45) is 4.99 Å². The van der Waals surface area contributed by atoms with Crippen LogP contribution in [0.25, 0.3) is 0 Å². The van der Waals surface area contributed by atoms with Crippen LogP contribution in [0.1, 0.15) is 36.5 Å². The predicted octanol–water partition coefficient (Wildman–Crippen LogP) is 2.85. The van der Waals surface area contributed by atoms with Gasteiger partial charge in [-0.05, 0) is 30.5 Å². The summed E-state index contributed by atoms with van der Waals surface area (Å²) in [6.07, 6.45) is 1.50. The third-order valence-corrected chi connectivity index (χ3v) is 5.67. The van der Waals surface area contributed by atoms with Crippen molar-refractivity contribution >= 4 is 46.6 Å². The number of carboxylic acids is 1. The van der Waals surface area contributed by atoms with E-state index < -0.39 is 5.97 Å². The number of ether oxygens (including phenoxy) is 1. The van der Waals surface area contributed by atoms with Gasteiger partial charge in [-0.2, -0.15) is 0 Å². The molecule has 8 nitrogen and oxygen atoms in total. The van der Waals surface area contributed by atoms with E-state index in [0.29, 0.717) is 42.6 Å². The molecule has 1 amide bonds. The molecule has 156 valence electrons. The lowest BCUT2D eigenvalue weighted by Crippen LogP contribution is -2.56. The smallest absolute Gasteiger partial charge is 0.335 e. The van der Waals surface area contributed by atoms with Gasteiger partial charge in [-0.25, -0.2) is 14.8 Å². The highest BCUT2D eigenvalue weighted by Gasteiger charge is 2.33. The number of rotatable bonds is 6. The first kappa shape index (κ1) is 21.5. The molecule has 2 aliphatic heterocycles. The number of aliphatic imine (C=N–C) groups is 1. The lowest BCUT2D eigenvalue weighted by molar-refractivity contribution is -0.116. The van der Waals surface area contributed by atoms with Crippen molar-refractivity contribution in [3.05, 3.63) is 33.6 Å². The Hall–Kier alpha value is -2.16. The van der Waals surface area contributed by atoms with Gasteiger partial charge in [0.25, 0.3) is 5.91 Å². The number of anilines is 1. The number of allylic oxidation sites excluding steroid dienone is 1. The Labute approximate surface area is 178 Å². The van der Waals surface area contributed by atoms with E-state index in [2.05, 4.69) is 15.3 Å². The summed E-state index contributed by atoms with van der Waals surface area (Å²) < 4.78 is 5.58. The first-order valence-electron chi connectivity index (χ1n) is 9.27. The Morgan fingerprint density at radius 3 is 2.76 bits per heavy atom. The molecule has 1 fully saturated rings. The number of aromatic carboxylic acids is 1. The SMILES string of the molecule is CCC1=C(Cl)N=C(C(=O)N[C@@H]2CCN(c3cc(C(=O)O)cc(Cl)n3)C[C@@H]2OC)C1. The fraction of sp³-hybridized carbons (Fsp3) is 0.474. The number of amides is 1. The number of hydrogen-bond donors (Lipinski definition) is 2. The van der Waals surface area contributed by atoms with Crippen LogP contribution in [0.2, 0.25) is 5.15 Å². The van der Waals surface area contributed by atoms with Gasteiger partial charge in [0.15, 0.2) is 0 Å². The van der Waals surface area contributed by atoms with Gasteiger partial charge in [0.1, 0.15) is 21.8 Å². The number of carbonyl (C=O) groups excluding carboxylic acids is 1. The average molecular weight is 441 g/mol. The van der Waals surface area contributed by atoms with Crippen LogP contribution >= 0.6 is 23.2 Å². The second-order valence-electron chi connectivity index (χ2n) is 6.91. The highest BCUT2D eigenvalue weighted by molar-refractivity contribution is 6.43. The third-order valence-electron chi connectivity index (χ3n) is 5.12. The predicted molar refractivity (Wildman–Crippen MR) is 111 cm³/mol. The summed E-state index contributed by atoms with van der Waals surface area (Å²) in [5.74, 6) is -0.858. The summed E-state index contributed by atoms with van der Waals surface area (Å²) in [4.78, 5) is 34.2. The molecule has 0 unspecified atom stereocenters. The Kier molecular flexibility index (Phi) is 6.77. The van der Waals surface area contributed by atoms with Gasteiger partial charge in [-0.15, -0.1) is 0 Å². The Morgan fingerprint density at radius 1 is 1.38 bits per heavy atom. The number of methoxy groups -OCH3 is 1. The average Bonchev–Trinajstić information content (AvgIpc) is 3.08. The number of nitrogens with zero attached hydrogens (tertiary/aromatic N) is 3. The zero-order chi connectivity index (χ0) is 21.1. The monoisotopic (exact) mass is 440 g/mol. The fourth-order valence-electron chi connectivity index (χ4n) is 3.46. The third kappa shape index (κ3) is 4.88. The number of carbonyl (C=O) groups is 2. The zero-order valence-corrected chi connectivity index (χ0v) is 17.6. The van der Waals surface area contributed by atoms with E-state index >= 15 is 0 Å². The van der Waals surface area contributed by atoms with Gasteiger partial charge in [-0.1, -0.05) is 30.1 Å². The lowest BCUT2D eigenvalue weighted by Gasteiger charge is -2.38. The van der Waals surface area contributed by atoms with Crippen LogP contribution in [0.15, 0.2) is 27.9 Å². The molecule has 3 heterocycles. The molecule has 2 N–H and O–H groups in total. The van der Waals surface area contributed by atoms with Crippen molar-refractivity contribution in [1.29, 1.82) is 0 Å². The molecule has 0 aromatic carbocycles. The molecule has 0 radical (unpaired) electrons. The molecule has 3 rings (SSSR count). The van der Waals surface area contributed by atoms with E-state index in [1.165, 1.54) is 12.1 Å². The maximum atomic E-state index is 12.6. The Bertz CT molecular complexity index is 887. The minimum absolute atomic E-state index is 0.0692. The minimum atomic E-state index is -1.07. The summed E-state index contributed by atoms with van der Waals surface area (Å²) in [5.41, 5.74) is 1.43. The van der Waals surface area contributed by atoms with Crippen molar-refractivity contribution in [1.82, 2.24) is 10.3 Å². The maximum Gasteiger partial charge on any atom is 0.335 e. The Balaban J connectivity index is 1.67. The van der Waals surface area contributed by atoms with Crippen LogP contribution < -0.4 is 10.2 Å². The first-order valence-corrected chi connectivity index (χ1v) is 10.0. The van der Waals surface area contributed by atoms with E-state index in [1.807, 2.05) is 11.8 Å². The summed E-state index contributed by atoms with van der Waals surface area (Å²) in [7, 11) is 1.57. The summed E-state index contributed by atoms with van der Waals surface area (Å²) in [6.45, 7) is 2.97. The van der Waals surface area contributed by atoms with Crippen molar-refractivity contribution < 1.29 is 19.4 Å². The van der Waals surface area contributed by atoms with Gasteiger partial charge in [0.2, 0.25) is 0 Å². The van der Waals surface area contributed by atoms with E-state index in [9.17, 15) is 14.7 Å². The normalized spacial score (nSPS) is 21.9. The molecule has 0 saturated carbocycles. The number of piperidine rings is 1. The number of nitrogens with one attached hydrogen (secondary N) is 1. The van der Waals surface area contributed by atoms with E-state index in [4.69, 9.17) is 27.9 Å². The van der Waals surface area contributed by atoms with Crippen molar-refractivity contribution in [2.75, 3.05) is 25.1 Å². The van der Waals surface area contributed by atoms with Gasteiger partial charge in [-0.3, -0.25) is 4.79 Å². The van der Waals surface area contributed by atoms with E-state index in [1.54, 1.807) is 7.11 Å². The van der Waals surface area contributed by atoms with Crippen LogP contribution in [0.3, 0.4) is 0 Å². The number of carboxylic acid groups (broad SMARTS) is 1. The van der Waals surface area contributed by atoms with Crippen molar-refractivity contribution in [3.63, 3.8) is 0 Å². The van der Waals surface area contributed by atoms with Crippen molar-refractivity contribution in [2.45, 2.75) is 38.3 Å². The van der Waals surface area contributed by atoms with Crippen molar-refractivity contribution in [3.8, 4) is 0 Å². The summed E-state index contributed by atoms with van der Waals surface area (Å²) in [6, 6.07) is 2.57. The van der Waals surface area contributed by atoms with Gasteiger partial charge >= 0.3 is 5.97 Å². The first-order chi connectivity index (χ1) is 13.8. The molecule has 2 atom stereocenters. The standard InChI is InChI=1S/C19H22Cl2N4O4/c1-3-10-6-13(22-17(10)21)18(26)23-12-4-5-25(9-14(12)29-2)16-8-11(19(27)28)7-15(20)24-16/h7-8,12,14H,3-6,9H2,1-2H3,(H,23,26)(H,27,28)/t12-,14+/m1/s1. The van der Waals surface area contributed by atoms with Gasteiger partial charge in [0, 0.05) is 26.6 Å². The van der Waals surface area contributed by atoms with Crippen LogP contribution in [-0.4, -0.2) is 60.0 Å². The Morgan fingerprint density at radius 2 is 2.14 bits per heavy atom. The quantitative estimate of drug-likeness (QED) is 0.520. The number of aromatic nitrogens is 1. The van der Waals surface area contributed by atoms with Crippen LogP contribution in [0, 0.1) is 0 Å². The minimum Gasteiger partial charge on any atom is -0.478 e. The molecule has 2 aliphatic rings. The molecule has 1 aromatic heterocycles. The largest absolute Gasteiger partial charge is 0.478 e. The summed E-state index contributed by atoms with van der Waals surface area (Å²) >= 11 is 12.0. The van der Waals surface area contributed by atoms with Gasteiger partial charge in [0.05, 0.1) is 17.7 Å². The number of hydrogen-bond acceptors (Lipinski definition) is 6. The maximum absolute atomic E-state index is 12.6. The summed E-state index contributed by atoms with van der Waals surface area (Å²) in [5, 5.41) is 12.7. The molecule has 1 aromatic rings. The molecular formula is C19H22Cl2N4O4. The van der Waals surface area contributed by atoms with E-state index in [-0.39, 0.29) is 28.8 Å². The number of pyridine rings is 1. The molecule has 1 saturated heterocycles. The lowest BCUT2D eigenvalue weighted by atomic mass is 10.0. The zero-order valence-electron chi connectivity index (χ0n) is 16.1. The molecule has 0 aliphatic carbocycles. The second kappa shape index (κ2) is 9.11. The highest BCUT2D eigenvalue weighted by Crippen LogP contribution is 2.26.